The molecule has 0 nitrogen and oxygen atoms in total. The maximum atomic E-state index is 5.55. The molecule has 2 atom stereocenters. The van der Waals surface area contributed by atoms with E-state index in [1.165, 1.54) is 17.7 Å². The average molecular weight is 254 g/mol. The van der Waals surface area contributed by atoms with E-state index in [1.807, 2.05) is 0 Å². The summed E-state index contributed by atoms with van der Waals surface area (Å²) in [6.07, 6.45) is 2.22. The molecule has 0 heterocycles. The highest BCUT2D eigenvalue weighted by atomic mass is 33.2. The van der Waals surface area contributed by atoms with E-state index in [-0.39, 0.29) is 10.5 Å². The van der Waals surface area contributed by atoms with E-state index in [0.29, 0.717) is 0 Å². The van der Waals surface area contributed by atoms with Crippen LogP contribution in [0.3, 0.4) is 0 Å². The molecule has 0 radical (unpaired) electrons. The van der Waals surface area contributed by atoms with Gasteiger partial charge in [0.2, 0.25) is 0 Å². The Kier molecular flexibility index (Phi) is 7.10. The molecule has 0 N–H and O–H groups in total. The molecule has 0 aromatic rings. The topological polar surface area (TPSA) is 0 Å². The Morgan fingerprint density at radius 1 is 1.54 bits per heavy atom. The third-order valence-corrected chi connectivity index (χ3v) is 14.3. The van der Waals surface area contributed by atoms with E-state index in [4.69, 9.17) is 24.1 Å². The maximum Gasteiger partial charge on any atom is 0.129 e. The highest BCUT2D eigenvalue weighted by Crippen LogP contribution is 2.52. The molecule has 0 saturated carbocycles. The van der Waals surface area contributed by atoms with Crippen LogP contribution in [0.25, 0.3) is 0 Å². The molecule has 0 aromatic heterocycles. The molecule has 0 bridgehead atoms. The van der Waals surface area contributed by atoms with Gasteiger partial charge in [-0.15, -0.1) is 0 Å². The molecule has 0 aromatic carbocycles. The van der Waals surface area contributed by atoms with Gasteiger partial charge in [0.05, 0.1) is 0 Å². The fourth-order valence-corrected chi connectivity index (χ4v) is 9.06. The second-order valence-corrected chi connectivity index (χ2v) is 15.9. The summed E-state index contributed by atoms with van der Waals surface area (Å²) in [5.74, 6) is 2.28. The van der Waals surface area contributed by atoms with E-state index in [9.17, 15) is 0 Å². The molecule has 0 rings (SSSR count). The summed E-state index contributed by atoms with van der Waals surface area (Å²) in [4.78, 5) is 0. The lowest BCUT2D eigenvalue weighted by molar-refractivity contribution is 1.10. The lowest BCUT2D eigenvalue weighted by atomic mass is 10.4. The van der Waals surface area contributed by atoms with Gasteiger partial charge in [-0.05, 0) is 35.6 Å². The van der Waals surface area contributed by atoms with Crippen molar-refractivity contribution in [1.82, 2.24) is 0 Å². The van der Waals surface area contributed by atoms with E-state index < -0.39 is 4.44 Å². The monoisotopic (exact) mass is 254 g/mol. The van der Waals surface area contributed by atoms with E-state index >= 15 is 0 Å². The Bertz CT molecular complexity index is 213. The molecule has 0 saturated heterocycles. The molecule has 0 spiro atoms. The van der Waals surface area contributed by atoms with Crippen LogP contribution in [0.4, 0.5) is 0 Å². The van der Waals surface area contributed by atoms with Crippen molar-refractivity contribution >= 4 is 39.0 Å². The minimum Gasteiger partial charge on any atom is -0.694 e. The van der Waals surface area contributed by atoms with Crippen LogP contribution in [0.1, 0.15) is 27.2 Å². The molecule has 13 heavy (non-hydrogen) atoms. The Hall–Kier alpha value is 1.09. The van der Waals surface area contributed by atoms with Crippen LogP contribution in [0.15, 0.2) is 12.2 Å². The highest BCUT2D eigenvalue weighted by Gasteiger charge is 2.23. The Morgan fingerprint density at radius 2 is 2.08 bits per heavy atom. The normalized spacial score (nSPS) is 17.8. The quantitative estimate of drug-likeness (QED) is 0.308. The van der Waals surface area contributed by atoms with Crippen molar-refractivity contribution < 1.29 is 0 Å². The molecule has 0 fully saturated rings. The Balaban J connectivity index is 4.40. The average Bonchev–Trinajstić information content (AvgIpc) is 2.03. The summed E-state index contributed by atoms with van der Waals surface area (Å²) in [6, 6.07) is 0. The van der Waals surface area contributed by atoms with Gasteiger partial charge >= 0.3 is 0 Å². The van der Waals surface area contributed by atoms with E-state index in [0.717, 1.165) is 11.9 Å². The zero-order chi connectivity index (χ0) is 10.5. The minimum absolute atomic E-state index is 0.276. The zero-order valence-corrected chi connectivity index (χ0v) is 12.1. The second-order valence-electron chi connectivity index (χ2n) is 3.20. The van der Waals surface area contributed by atoms with Crippen molar-refractivity contribution in [2.45, 2.75) is 27.2 Å². The Morgan fingerprint density at radius 3 is 2.38 bits per heavy atom. The smallest absolute Gasteiger partial charge is 0.129 e. The van der Waals surface area contributed by atoms with Gasteiger partial charge in [0.1, 0.15) is 11.5 Å². The summed E-state index contributed by atoms with van der Waals surface area (Å²) >= 11 is 11.1. The van der Waals surface area contributed by atoms with Crippen LogP contribution in [-0.4, -0.2) is 17.7 Å². The first kappa shape index (κ1) is 14.1. The van der Waals surface area contributed by atoms with Gasteiger partial charge in [0, 0.05) is 4.44 Å². The van der Waals surface area contributed by atoms with Gasteiger partial charge in [0.25, 0.3) is 0 Å². The summed E-state index contributed by atoms with van der Waals surface area (Å²) in [5, 5.41) is 0. The van der Waals surface area contributed by atoms with Gasteiger partial charge < -0.3 is 12.2 Å². The highest BCUT2D eigenvalue weighted by molar-refractivity contribution is 8.90. The van der Waals surface area contributed by atoms with Crippen molar-refractivity contribution in [2.24, 2.45) is 0 Å². The molecule has 0 amide bonds. The first-order valence-corrected chi connectivity index (χ1v) is 10.7. The maximum absolute atomic E-state index is 5.55. The third kappa shape index (κ3) is 5.51. The number of hydrogen-bond acceptors (Lipinski definition) is 2. The zero-order valence-electron chi connectivity index (χ0n) is 8.71. The molecule has 78 valence electrons. The van der Waals surface area contributed by atoms with Crippen molar-refractivity contribution in [1.29, 1.82) is 0 Å². The van der Waals surface area contributed by atoms with Crippen molar-refractivity contribution in [3.63, 3.8) is 0 Å². The predicted octanol–water partition coefficient (Wildman–Crippen LogP) is 3.47. The fourth-order valence-electron chi connectivity index (χ4n) is 1.01. The van der Waals surface area contributed by atoms with Crippen LogP contribution >= 0.6 is 4.44 Å². The molecule has 4 heteroatoms. The van der Waals surface area contributed by atoms with Gasteiger partial charge in [-0.1, -0.05) is 32.2 Å². The molecule has 2 unspecified atom stereocenters. The fraction of sp³-hybridized carbons (Fsp3) is 0.778. The van der Waals surface area contributed by atoms with E-state index in [2.05, 4.69) is 27.4 Å². The largest absolute Gasteiger partial charge is 0.694 e. The van der Waals surface area contributed by atoms with Gasteiger partial charge in [-0.3, -0.25) is 0 Å². The Labute approximate surface area is 95.8 Å². The van der Waals surface area contributed by atoms with E-state index in [1.54, 1.807) is 0 Å². The summed E-state index contributed by atoms with van der Waals surface area (Å²) in [7, 11) is 0.276. The van der Waals surface area contributed by atoms with Crippen molar-refractivity contribution in [2.75, 3.05) is 17.7 Å². The molecular formula is C9H19PS3. The van der Waals surface area contributed by atoms with Crippen LogP contribution in [0.2, 0.25) is 0 Å². The summed E-state index contributed by atoms with van der Waals surface area (Å²) in [5.41, 5.74) is 1.24. The molecule has 0 aliphatic rings. The molecule has 0 aliphatic heterocycles. The standard InChI is InChI=1S/C9H19PS3/c1-5-7-13(8-9(3)4)10(11,12)6-2/h3,5-8H2,1-2,4H3. The number of hydrogen-bond donors (Lipinski definition) is 0. The van der Waals surface area contributed by atoms with Gasteiger partial charge in [-0.25, -0.2) is 0 Å². The van der Waals surface area contributed by atoms with Crippen LogP contribution in [-0.2, 0) is 34.6 Å². The van der Waals surface area contributed by atoms with Crippen LogP contribution in [0, 0.1) is 0 Å². The van der Waals surface area contributed by atoms with Gasteiger partial charge in [-0.2, -0.15) is 0 Å². The third-order valence-electron chi connectivity index (χ3n) is 1.63. The summed E-state index contributed by atoms with van der Waals surface area (Å²) in [6.45, 7) is 10.4. The molecular weight excluding hydrogens is 235 g/mol. The van der Waals surface area contributed by atoms with Crippen molar-refractivity contribution in [3.05, 3.63) is 12.2 Å². The van der Waals surface area contributed by atoms with Crippen molar-refractivity contribution in [3.8, 4) is 0 Å². The SMILES string of the molecule is C=C(C)C[S+](CCC)P(=S)([S-])CC. The second kappa shape index (κ2) is 6.55. The number of rotatable bonds is 6. The van der Waals surface area contributed by atoms with Crippen LogP contribution < -0.4 is 0 Å². The summed E-state index contributed by atoms with van der Waals surface area (Å²) < 4.78 is -1.47. The van der Waals surface area contributed by atoms with Crippen LogP contribution in [0.5, 0.6) is 0 Å². The van der Waals surface area contributed by atoms with Gasteiger partial charge in [0.15, 0.2) is 0 Å². The predicted molar refractivity (Wildman–Crippen MR) is 74.4 cm³/mol. The lowest BCUT2D eigenvalue weighted by Gasteiger charge is -2.27. The minimum atomic E-state index is -1.47. The first-order valence-electron chi connectivity index (χ1n) is 4.56. The lowest BCUT2D eigenvalue weighted by Crippen LogP contribution is -2.12. The molecule has 0 aliphatic carbocycles. The first-order chi connectivity index (χ1) is 5.94.